The minimum absolute atomic E-state index is 0.422. The molecule has 2 N–H and O–H groups in total. The van der Waals surface area contributed by atoms with Gasteiger partial charge in [0.05, 0.1) is 6.20 Å². The van der Waals surface area contributed by atoms with Gasteiger partial charge in [0.1, 0.15) is 11.0 Å². The highest BCUT2D eigenvalue weighted by Gasteiger charge is 2.04. The van der Waals surface area contributed by atoms with Crippen molar-refractivity contribution in [3.8, 4) is 0 Å². The van der Waals surface area contributed by atoms with Crippen LogP contribution in [0.25, 0.3) is 5.65 Å². The zero-order valence-electron chi connectivity index (χ0n) is 6.81. The van der Waals surface area contributed by atoms with Crippen LogP contribution in [0, 0.1) is 0 Å². The predicted octanol–water partition coefficient (Wildman–Crippen LogP) is 0.279. The molecule has 2 heterocycles. The highest BCUT2D eigenvalue weighted by atomic mass is 35.5. The van der Waals surface area contributed by atoms with Crippen molar-refractivity contribution < 1.29 is 0 Å². The molecule has 0 radical (unpaired) electrons. The van der Waals surface area contributed by atoms with E-state index in [1.807, 2.05) is 0 Å². The van der Waals surface area contributed by atoms with Crippen molar-refractivity contribution in [2.75, 3.05) is 6.54 Å². The first-order valence-corrected chi connectivity index (χ1v) is 4.24. The summed E-state index contributed by atoms with van der Waals surface area (Å²) >= 11 is 5.73. The number of halogens is 1. The third kappa shape index (κ3) is 1.48. The third-order valence-electron chi connectivity index (χ3n) is 1.70. The van der Waals surface area contributed by atoms with E-state index >= 15 is 0 Å². The molecule has 68 valence electrons. The molecule has 0 bridgehead atoms. The van der Waals surface area contributed by atoms with Gasteiger partial charge in [0, 0.05) is 12.6 Å². The average molecular weight is 198 g/mol. The normalized spacial score (nSPS) is 10.9. The lowest BCUT2D eigenvalue weighted by atomic mass is 10.4. The minimum atomic E-state index is 0.422. The molecule has 2 aromatic heterocycles. The van der Waals surface area contributed by atoms with Gasteiger partial charge in [-0.15, -0.1) is 10.2 Å². The second kappa shape index (κ2) is 3.27. The molecule has 0 fully saturated rings. The standard InChI is InChI=1S/C7H8ClN5/c8-5-4-13-6(1-2-9)11-12-7(13)3-10-5/h3-4H,1-2,9H2. The fraction of sp³-hybridized carbons (Fsp3) is 0.286. The Balaban J connectivity index is 2.58. The first-order valence-electron chi connectivity index (χ1n) is 3.86. The molecule has 0 aliphatic heterocycles. The molecule has 0 aromatic carbocycles. The molecule has 0 unspecified atom stereocenters. The Morgan fingerprint density at radius 2 is 2.31 bits per heavy atom. The van der Waals surface area contributed by atoms with Gasteiger partial charge in [-0.2, -0.15) is 0 Å². The minimum Gasteiger partial charge on any atom is -0.330 e. The number of nitrogens with zero attached hydrogens (tertiary/aromatic N) is 4. The summed E-state index contributed by atoms with van der Waals surface area (Å²) in [5, 5.41) is 8.30. The summed E-state index contributed by atoms with van der Waals surface area (Å²) in [5.74, 6) is 0.807. The van der Waals surface area contributed by atoms with Gasteiger partial charge in [0.15, 0.2) is 5.65 Å². The van der Waals surface area contributed by atoms with E-state index < -0.39 is 0 Å². The van der Waals surface area contributed by atoms with Gasteiger partial charge in [0.25, 0.3) is 0 Å². The van der Waals surface area contributed by atoms with Gasteiger partial charge in [-0.1, -0.05) is 11.6 Å². The van der Waals surface area contributed by atoms with Crippen LogP contribution in [0.3, 0.4) is 0 Å². The van der Waals surface area contributed by atoms with Crippen LogP contribution in [0.2, 0.25) is 5.15 Å². The van der Waals surface area contributed by atoms with E-state index in [-0.39, 0.29) is 0 Å². The number of nitrogens with two attached hydrogens (primary N) is 1. The number of hydrogen-bond acceptors (Lipinski definition) is 4. The second-order valence-corrected chi connectivity index (χ2v) is 2.98. The lowest BCUT2D eigenvalue weighted by Crippen LogP contribution is -2.06. The highest BCUT2D eigenvalue weighted by Crippen LogP contribution is 2.07. The fourth-order valence-electron chi connectivity index (χ4n) is 1.13. The molecule has 6 heteroatoms. The van der Waals surface area contributed by atoms with Crippen molar-refractivity contribution in [1.29, 1.82) is 0 Å². The average Bonchev–Trinajstić information content (AvgIpc) is 2.49. The maximum atomic E-state index is 5.73. The zero-order valence-corrected chi connectivity index (χ0v) is 7.57. The Hall–Kier alpha value is -1.20. The maximum absolute atomic E-state index is 5.73. The van der Waals surface area contributed by atoms with E-state index in [9.17, 15) is 0 Å². The summed E-state index contributed by atoms with van der Waals surface area (Å²) in [7, 11) is 0. The predicted molar refractivity (Wildman–Crippen MR) is 48.6 cm³/mol. The molecule has 0 atom stereocenters. The van der Waals surface area contributed by atoms with Gasteiger partial charge >= 0.3 is 0 Å². The monoisotopic (exact) mass is 197 g/mol. The molecular formula is C7H8ClN5. The number of fused-ring (bicyclic) bond motifs is 1. The van der Waals surface area contributed by atoms with Gasteiger partial charge < -0.3 is 5.73 Å². The quantitative estimate of drug-likeness (QED) is 0.751. The van der Waals surface area contributed by atoms with Crippen LogP contribution >= 0.6 is 11.6 Å². The van der Waals surface area contributed by atoms with Crippen molar-refractivity contribution >= 4 is 17.2 Å². The molecule has 13 heavy (non-hydrogen) atoms. The molecule has 2 aromatic rings. The summed E-state index contributed by atoms with van der Waals surface area (Å²) in [6, 6.07) is 0. The van der Waals surface area contributed by atoms with Crippen molar-refractivity contribution in [1.82, 2.24) is 19.6 Å². The molecule has 5 nitrogen and oxygen atoms in total. The summed E-state index contributed by atoms with van der Waals surface area (Å²) in [6.45, 7) is 0.542. The van der Waals surface area contributed by atoms with E-state index in [4.69, 9.17) is 17.3 Å². The van der Waals surface area contributed by atoms with E-state index in [2.05, 4.69) is 15.2 Å². The van der Waals surface area contributed by atoms with E-state index in [1.165, 1.54) is 0 Å². The van der Waals surface area contributed by atoms with Crippen LogP contribution < -0.4 is 5.73 Å². The Morgan fingerprint density at radius 3 is 3.08 bits per heavy atom. The lowest BCUT2D eigenvalue weighted by Gasteiger charge is -1.96. The Kier molecular flexibility index (Phi) is 2.12. The van der Waals surface area contributed by atoms with Crippen LogP contribution in [-0.4, -0.2) is 26.1 Å². The third-order valence-corrected chi connectivity index (χ3v) is 1.89. The van der Waals surface area contributed by atoms with Crippen molar-refractivity contribution in [2.45, 2.75) is 6.42 Å². The summed E-state index contributed by atoms with van der Waals surface area (Å²) < 4.78 is 1.79. The van der Waals surface area contributed by atoms with Crippen LogP contribution in [-0.2, 0) is 6.42 Å². The smallest absolute Gasteiger partial charge is 0.179 e. The number of rotatable bonds is 2. The summed E-state index contributed by atoms with van der Waals surface area (Å²) in [5.41, 5.74) is 6.11. The Bertz CT molecular complexity index is 424. The fourth-order valence-corrected chi connectivity index (χ4v) is 1.27. The lowest BCUT2D eigenvalue weighted by molar-refractivity contribution is 0.846. The van der Waals surface area contributed by atoms with Gasteiger partial charge in [-0.25, -0.2) is 4.98 Å². The topological polar surface area (TPSA) is 69.1 Å². The van der Waals surface area contributed by atoms with E-state index in [0.29, 0.717) is 23.8 Å². The number of hydrogen-bond donors (Lipinski definition) is 1. The molecule has 0 spiro atoms. The van der Waals surface area contributed by atoms with E-state index in [1.54, 1.807) is 16.8 Å². The van der Waals surface area contributed by atoms with Gasteiger partial charge in [-0.05, 0) is 6.54 Å². The molecule has 0 saturated carbocycles. The molecular weight excluding hydrogens is 190 g/mol. The Morgan fingerprint density at radius 1 is 1.46 bits per heavy atom. The van der Waals surface area contributed by atoms with Crippen molar-refractivity contribution in [3.05, 3.63) is 23.4 Å². The second-order valence-electron chi connectivity index (χ2n) is 2.59. The van der Waals surface area contributed by atoms with E-state index in [0.717, 1.165) is 5.82 Å². The van der Waals surface area contributed by atoms with Crippen LogP contribution in [0.4, 0.5) is 0 Å². The molecule has 0 amide bonds. The van der Waals surface area contributed by atoms with Crippen molar-refractivity contribution in [2.24, 2.45) is 5.73 Å². The summed E-state index contributed by atoms with van der Waals surface area (Å²) in [4.78, 5) is 3.89. The molecule has 0 aliphatic carbocycles. The van der Waals surface area contributed by atoms with Crippen LogP contribution in [0.1, 0.15) is 5.82 Å². The number of aromatic nitrogens is 4. The van der Waals surface area contributed by atoms with Crippen LogP contribution in [0.15, 0.2) is 12.4 Å². The largest absolute Gasteiger partial charge is 0.330 e. The van der Waals surface area contributed by atoms with Gasteiger partial charge in [-0.3, -0.25) is 4.40 Å². The Labute approximate surface area is 79.6 Å². The highest BCUT2D eigenvalue weighted by molar-refractivity contribution is 6.29. The zero-order chi connectivity index (χ0) is 9.26. The van der Waals surface area contributed by atoms with Crippen LogP contribution in [0.5, 0.6) is 0 Å². The summed E-state index contributed by atoms with van der Waals surface area (Å²) in [6.07, 6.45) is 3.94. The van der Waals surface area contributed by atoms with Gasteiger partial charge in [0.2, 0.25) is 0 Å². The molecule has 2 rings (SSSR count). The SMILES string of the molecule is NCCc1nnc2cnc(Cl)cn12. The molecule has 0 saturated heterocycles. The first kappa shape index (κ1) is 8.40. The maximum Gasteiger partial charge on any atom is 0.179 e. The molecule has 0 aliphatic rings. The first-order chi connectivity index (χ1) is 6.31. The van der Waals surface area contributed by atoms with Crippen molar-refractivity contribution in [3.63, 3.8) is 0 Å².